The molecule has 1 unspecified atom stereocenters. The molecule has 1 atom stereocenters. The molecule has 25 heavy (non-hydrogen) atoms. The van der Waals surface area contributed by atoms with Crippen LogP contribution in [0.1, 0.15) is 24.8 Å². The summed E-state index contributed by atoms with van der Waals surface area (Å²) in [7, 11) is 1.57. The number of aromatic nitrogens is 4. The molecule has 3 rings (SSSR count). The van der Waals surface area contributed by atoms with Gasteiger partial charge >= 0.3 is 0 Å². The van der Waals surface area contributed by atoms with Gasteiger partial charge in [0, 0.05) is 24.2 Å². The van der Waals surface area contributed by atoms with Crippen molar-refractivity contribution in [3.8, 4) is 11.4 Å². The van der Waals surface area contributed by atoms with Crippen molar-refractivity contribution in [3.63, 3.8) is 0 Å². The molecule has 1 aromatic heterocycles. The van der Waals surface area contributed by atoms with Crippen LogP contribution in [0.3, 0.4) is 0 Å². The number of nitrogens with zero attached hydrogens (tertiary/aromatic N) is 4. The number of hydrogen-bond acceptors (Lipinski definition) is 5. The van der Waals surface area contributed by atoms with E-state index in [1.54, 1.807) is 25.3 Å². The second-order valence-electron chi connectivity index (χ2n) is 5.74. The minimum absolute atomic E-state index is 0.0627. The van der Waals surface area contributed by atoms with Crippen LogP contribution in [-0.2, 0) is 4.79 Å². The first-order valence-electron chi connectivity index (χ1n) is 7.93. The Morgan fingerprint density at radius 2 is 2.04 bits per heavy atom. The molecule has 1 N–H and O–H groups in total. The van der Waals surface area contributed by atoms with E-state index in [0.717, 1.165) is 5.56 Å². The normalized spacial score (nSPS) is 11.8. The summed E-state index contributed by atoms with van der Waals surface area (Å²) in [4.78, 5) is 12.4. The van der Waals surface area contributed by atoms with Crippen molar-refractivity contribution >= 4 is 11.6 Å². The molecule has 2 aromatic carbocycles. The van der Waals surface area contributed by atoms with E-state index in [1.165, 1.54) is 11.0 Å². The van der Waals surface area contributed by atoms with Gasteiger partial charge in [0.15, 0.2) is 0 Å². The number of rotatable bonds is 6. The van der Waals surface area contributed by atoms with E-state index < -0.39 is 0 Å². The first kappa shape index (κ1) is 16.6. The quantitative estimate of drug-likeness (QED) is 0.748. The van der Waals surface area contributed by atoms with Crippen LogP contribution in [0.15, 0.2) is 54.9 Å². The second-order valence-corrected chi connectivity index (χ2v) is 5.74. The Hall–Kier alpha value is -3.22. The van der Waals surface area contributed by atoms with E-state index in [2.05, 4.69) is 20.8 Å². The summed E-state index contributed by atoms with van der Waals surface area (Å²) in [6.45, 7) is 2.03. The fourth-order valence-corrected chi connectivity index (χ4v) is 2.57. The van der Waals surface area contributed by atoms with Crippen molar-refractivity contribution in [1.29, 1.82) is 0 Å². The molecule has 0 saturated carbocycles. The third-order valence-electron chi connectivity index (χ3n) is 3.88. The van der Waals surface area contributed by atoms with Crippen LogP contribution in [0.4, 0.5) is 5.69 Å². The van der Waals surface area contributed by atoms with Crippen LogP contribution in [0, 0.1) is 0 Å². The summed E-state index contributed by atoms with van der Waals surface area (Å²) in [6.07, 6.45) is 1.87. The number of anilines is 1. The van der Waals surface area contributed by atoms with Crippen molar-refractivity contribution in [2.75, 3.05) is 12.4 Å². The summed E-state index contributed by atoms with van der Waals surface area (Å²) >= 11 is 0. The number of hydrogen-bond donors (Lipinski definition) is 1. The Labute approximate surface area is 145 Å². The van der Waals surface area contributed by atoms with Crippen molar-refractivity contribution in [2.45, 2.75) is 19.3 Å². The summed E-state index contributed by atoms with van der Waals surface area (Å²) in [5, 5.41) is 14.0. The number of nitrogens with one attached hydrogen (secondary N) is 1. The lowest BCUT2D eigenvalue weighted by atomic mass is 9.97. The highest BCUT2D eigenvalue weighted by Crippen LogP contribution is 2.24. The molecule has 0 bridgehead atoms. The molecular weight excluding hydrogens is 318 g/mol. The zero-order valence-electron chi connectivity index (χ0n) is 14.1. The van der Waals surface area contributed by atoms with Gasteiger partial charge in [0.2, 0.25) is 5.91 Å². The lowest BCUT2D eigenvalue weighted by molar-refractivity contribution is -0.116. The molecule has 7 nitrogen and oxygen atoms in total. The largest absolute Gasteiger partial charge is 0.497 e. The molecule has 3 aromatic rings. The summed E-state index contributed by atoms with van der Waals surface area (Å²) < 4.78 is 6.80. The average Bonchev–Trinajstić information content (AvgIpc) is 3.16. The Bertz CT molecular complexity index is 834. The fraction of sp³-hybridized carbons (Fsp3) is 0.222. The highest BCUT2D eigenvalue weighted by molar-refractivity contribution is 5.91. The molecule has 7 heteroatoms. The van der Waals surface area contributed by atoms with E-state index in [-0.39, 0.29) is 11.8 Å². The zero-order chi connectivity index (χ0) is 17.6. The molecule has 0 saturated heterocycles. The highest BCUT2D eigenvalue weighted by Gasteiger charge is 2.12. The molecule has 0 aliphatic rings. The monoisotopic (exact) mass is 337 g/mol. The Morgan fingerprint density at radius 1 is 1.24 bits per heavy atom. The van der Waals surface area contributed by atoms with Crippen LogP contribution in [0.2, 0.25) is 0 Å². The number of benzene rings is 2. The SMILES string of the molecule is COc1cc(NC(=O)CC(C)c2ccccc2)cc(-n2cnnn2)c1. The van der Waals surface area contributed by atoms with Gasteiger partial charge in [-0.3, -0.25) is 4.79 Å². The van der Waals surface area contributed by atoms with E-state index in [1.807, 2.05) is 37.3 Å². The number of amides is 1. The molecule has 1 heterocycles. The lowest BCUT2D eigenvalue weighted by Crippen LogP contribution is -2.14. The minimum Gasteiger partial charge on any atom is -0.497 e. The van der Waals surface area contributed by atoms with Gasteiger partial charge in [-0.1, -0.05) is 37.3 Å². The van der Waals surface area contributed by atoms with Gasteiger partial charge in [-0.25, -0.2) is 4.68 Å². The first-order valence-corrected chi connectivity index (χ1v) is 7.93. The van der Waals surface area contributed by atoms with Gasteiger partial charge in [0.05, 0.1) is 12.8 Å². The predicted octanol–water partition coefficient (Wildman–Crippen LogP) is 2.80. The van der Waals surface area contributed by atoms with Crippen molar-refractivity contribution < 1.29 is 9.53 Å². The zero-order valence-corrected chi connectivity index (χ0v) is 14.1. The van der Waals surface area contributed by atoms with Gasteiger partial charge in [0.25, 0.3) is 0 Å². The summed E-state index contributed by atoms with van der Waals surface area (Å²) in [5.74, 6) is 0.678. The molecule has 1 amide bonds. The minimum atomic E-state index is -0.0627. The fourth-order valence-electron chi connectivity index (χ4n) is 2.57. The van der Waals surface area contributed by atoms with E-state index in [0.29, 0.717) is 23.5 Å². The number of carbonyl (C=O) groups excluding carboxylic acids is 1. The standard InChI is InChI=1S/C18H19N5O2/c1-13(14-6-4-3-5-7-14)8-18(24)20-15-9-16(11-17(10-15)25-2)23-12-19-21-22-23/h3-7,9-13H,8H2,1-2H3,(H,20,24). The van der Waals surface area contributed by atoms with Crippen LogP contribution in [0.5, 0.6) is 5.75 Å². The Balaban J connectivity index is 1.73. The van der Waals surface area contributed by atoms with Gasteiger partial charge in [-0.05, 0) is 28.0 Å². The van der Waals surface area contributed by atoms with E-state index in [9.17, 15) is 4.79 Å². The second kappa shape index (κ2) is 7.57. The van der Waals surface area contributed by atoms with Crippen molar-refractivity contribution in [2.24, 2.45) is 0 Å². The summed E-state index contributed by atoms with van der Waals surface area (Å²) in [5.41, 5.74) is 2.48. The van der Waals surface area contributed by atoms with Gasteiger partial charge in [-0.2, -0.15) is 0 Å². The van der Waals surface area contributed by atoms with Crippen molar-refractivity contribution in [1.82, 2.24) is 20.2 Å². The number of ether oxygens (including phenoxy) is 1. The maximum atomic E-state index is 12.4. The molecule has 0 aliphatic heterocycles. The highest BCUT2D eigenvalue weighted by atomic mass is 16.5. The van der Waals surface area contributed by atoms with E-state index >= 15 is 0 Å². The lowest BCUT2D eigenvalue weighted by Gasteiger charge is -2.13. The summed E-state index contributed by atoms with van der Waals surface area (Å²) in [6, 6.07) is 15.3. The van der Waals surface area contributed by atoms with Crippen LogP contribution in [0.25, 0.3) is 5.69 Å². The Morgan fingerprint density at radius 3 is 2.72 bits per heavy atom. The average molecular weight is 337 g/mol. The molecule has 0 fully saturated rings. The predicted molar refractivity (Wildman–Crippen MR) is 93.8 cm³/mol. The number of carbonyl (C=O) groups is 1. The third-order valence-corrected chi connectivity index (χ3v) is 3.88. The van der Waals surface area contributed by atoms with Crippen LogP contribution in [-0.4, -0.2) is 33.2 Å². The number of tetrazole rings is 1. The van der Waals surface area contributed by atoms with Crippen molar-refractivity contribution in [3.05, 3.63) is 60.4 Å². The molecule has 128 valence electrons. The molecule has 0 radical (unpaired) electrons. The van der Waals surface area contributed by atoms with Crippen LogP contribution < -0.4 is 10.1 Å². The number of methoxy groups -OCH3 is 1. The third kappa shape index (κ3) is 4.20. The smallest absolute Gasteiger partial charge is 0.224 e. The van der Waals surface area contributed by atoms with E-state index in [4.69, 9.17) is 4.74 Å². The first-order chi connectivity index (χ1) is 12.2. The Kier molecular flexibility index (Phi) is 5.03. The van der Waals surface area contributed by atoms with Gasteiger partial charge in [-0.15, -0.1) is 5.10 Å². The van der Waals surface area contributed by atoms with Gasteiger partial charge < -0.3 is 10.1 Å². The maximum absolute atomic E-state index is 12.4. The molecule has 0 aliphatic carbocycles. The topological polar surface area (TPSA) is 81.9 Å². The molecule has 0 spiro atoms. The van der Waals surface area contributed by atoms with Crippen LogP contribution >= 0.6 is 0 Å². The van der Waals surface area contributed by atoms with Gasteiger partial charge in [0.1, 0.15) is 12.1 Å². The maximum Gasteiger partial charge on any atom is 0.224 e. The molecular formula is C18H19N5O2.